The Morgan fingerprint density at radius 2 is 1.88 bits per heavy atom. The van der Waals surface area contributed by atoms with Crippen LogP contribution in [-0.2, 0) is 13.1 Å². The van der Waals surface area contributed by atoms with Crippen molar-refractivity contribution in [2.75, 3.05) is 20.1 Å². The van der Waals surface area contributed by atoms with E-state index in [1.54, 1.807) is 16.7 Å². The topological polar surface area (TPSA) is 49.6 Å². The molecule has 0 saturated carbocycles. The summed E-state index contributed by atoms with van der Waals surface area (Å²) in [6, 6.07) is 15.6. The van der Waals surface area contributed by atoms with Crippen LogP contribution < -0.4 is 10.9 Å². The molecular formula is C20H28N4O. The van der Waals surface area contributed by atoms with E-state index < -0.39 is 0 Å². The van der Waals surface area contributed by atoms with Crippen LogP contribution >= 0.6 is 0 Å². The van der Waals surface area contributed by atoms with Crippen molar-refractivity contribution in [3.63, 3.8) is 0 Å². The van der Waals surface area contributed by atoms with Gasteiger partial charge >= 0.3 is 0 Å². The van der Waals surface area contributed by atoms with Crippen LogP contribution in [0.3, 0.4) is 0 Å². The lowest BCUT2D eigenvalue weighted by Gasteiger charge is -2.22. The Labute approximate surface area is 150 Å². The third-order valence-corrected chi connectivity index (χ3v) is 3.93. The van der Waals surface area contributed by atoms with Crippen molar-refractivity contribution in [3.05, 3.63) is 70.6 Å². The summed E-state index contributed by atoms with van der Waals surface area (Å²) < 4.78 is 1.75. The fourth-order valence-electron chi connectivity index (χ4n) is 2.63. The average Bonchev–Trinajstić information content (AvgIpc) is 2.63. The molecule has 0 aliphatic heterocycles. The van der Waals surface area contributed by atoms with E-state index in [0.29, 0.717) is 0 Å². The van der Waals surface area contributed by atoms with Gasteiger partial charge in [0.05, 0.1) is 0 Å². The SMILES string of the molecule is CCNC(=NCCCCn1ccccc1=O)N(C)Cc1ccccc1. The van der Waals surface area contributed by atoms with Gasteiger partial charge in [-0.2, -0.15) is 0 Å². The number of rotatable bonds is 8. The van der Waals surface area contributed by atoms with E-state index in [-0.39, 0.29) is 5.56 Å². The predicted molar refractivity (Wildman–Crippen MR) is 104 cm³/mol. The van der Waals surface area contributed by atoms with Crippen LogP contribution in [0.4, 0.5) is 0 Å². The normalized spacial score (nSPS) is 11.4. The molecule has 134 valence electrons. The first-order chi connectivity index (χ1) is 12.2. The number of benzene rings is 1. The van der Waals surface area contributed by atoms with Gasteiger partial charge in [-0.3, -0.25) is 9.79 Å². The first-order valence-electron chi connectivity index (χ1n) is 8.89. The zero-order valence-corrected chi connectivity index (χ0v) is 15.2. The molecule has 0 spiro atoms. The van der Waals surface area contributed by atoms with Gasteiger partial charge in [0.15, 0.2) is 5.96 Å². The van der Waals surface area contributed by atoms with Gasteiger partial charge in [-0.15, -0.1) is 0 Å². The Bertz CT molecular complexity index is 709. The Balaban J connectivity index is 1.82. The molecule has 2 rings (SSSR count). The maximum atomic E-state index is 11.7. The molecule has 2 aromatic rings. The van der Waals surface area contributed by atoms with E-state index in [4.69, 9.17) is 4.99 Å². The third kappa shape index (κ3) is 6.45. The third-order valence-electron chi connectivity index (χ3n) is 3.93. The molecule has 1 aromatic carbocycles. The van der Waals surface area contributed by atoms with Crippen molar-refractivity contribution in [2.45, 2.75) is 32.9 Å². The van der Waals surface area contributed by atoms with Crippen LogP contribution in [0, 0.1) is 0 Å². The van der Waals surface area contributed by atoms with E-state index in [0.717, 1.165) is 45.0 Å². The molecule has 25 heavy (non-hydrogen) atoms. The highest BCUT2D eigenvalue weighted by atomic mass is 16.1. The van der Waals surface area contributed by atoms with Crippen LogP contribution in [-0.4, -0.2) is 35.6 Å². The van der Waals surface area contributed by atoms with Crippen LogP contribution in [0.5, 0.6) is 0 Å². The molecule has 0 aliphatic rings. The van der Waals surface area contributed by atoms with Crippen LogP contribution in [0.1, 0.15) is 25.3 Å². The first-order valence-corrected chi connectivity index (χ1v) is 8.89. The highest BCUT2D eigenvalue weighted by Gasteiger charge is 2.05. The van der Waals surface area contributed by atoms with Crippen molar-refractivity contribution < 1.29 is 0 Å². The Hall–Kier alpha value is -2.56. The highest BCUT2D eigenvalue weighted by Crippen LogP contribution is 2.03. The quantitative estimate of drug-likeness (QED) is 0.457. The zero-order valence-electron chi connectivity index (χ0n) is 15.2. The van der Waals surface area contributed by atoms with Crippen molar-refractivity contribution in [1.29, 1.82) is 0 Å². The van der Waals surface area contributed by atoms with Crippen molar-refractivity contribution in [1.82, 2.24) is 14.8 Å². The monoisotopic (exact) mass is 340 g/mol. The number of aromatic nitrogens is 1. The van der Waals surface area contributed by atoms with Crippen molar-refractivity contribution in [2.24, 2.45) is 4.99 Å². The van der Waals surface area contributed by atoms with Gasteiger partial charge in [0.2, 0.25) is 5.56 Å². The predicted octanol–water partition coefficient (Wildman–Crippen LogP) is 2.73. The maximum absolute atomic E-state index is 11.7. The summed E-state index contributed by atoms with van der Waals surface area (Å²) in [5.41, 5.74) is 1.32. The zero-order chi connectivity index (χ0) is 17.9. The molecule has 0 aliphatic carbocycles. The lowest BCUT2D eigenvalue weighted by molar-refractivity contribution is 0.475. The Morgan fingerprint density at radius 1 is 1.12 bits per heavy atom. The summed E-state index contributed by atoms with van der Waals surface area (Å²) in [4.78, 5) is 18.5. The molecule has 5 heteroatoms. The molecule has 0 saturated heterocycles. The smallest absolute Gasteiger partial charge is 0.250 e. The lowest BCUT2D eigenvalue weighted by atomic mass is 10.2. The Kier molecular flexibility index (Phi) is 7.76. The summed E-state index contributed by atoms with van der Waals surface area (Å²) in [5, 5.41) is 3.34. The second-order valence-corrected chi connectivity index (χ2v) is 6.02. The molecule has 0 atom stereocenters. The minimum Gasteiger partial charge on any atom is -0.357 e. The Morgan fingerprint density at radius 3 is 2.60 bits per heavy atom. The van der Waals surface area contributed by atoms with E-state index in [1.165, 1.54) is 5.56 Å². The standard InChI is InChI=1S/C20H28N4O/c1-3-21-20(23(2)17-18-11-5-4-6-12-18)22-14-8-10-16-24-15-9-7-13-19(24)25/h4-7,9,11-13,15H,3,8,10,14,16-17H2,1-2H3,(H,21,22). The molecule has 1 N–H and O–H groups in total. The first kappa shape index (κ1) is 18.8. The second-order valence-electron chi connectivity index (χ2n) is 6.02. The van der Waals surface area contributed by atoms with Gasteiger partial charge in [0.25, 0.3) is 0 Å². The number of aliphatic imine (C=N–C) groups is 1. The van der Waals surface area contributed by atoms with Gasteiger partial charge in [-0.05, 0) is 31.4 Å². The lowest BCUT2D eigenvalue weighted by Crippen LogP contribution is -2.38. The molecule has 0 unspecified atom stereocenters. The molecule has 1 heterocycles. The maximum Gasteiger partial charge on any atom is 0.250 e. The highest BCUT2D eigenvalue weighted by molar-refractivity contribution is 5.79. The van der Waals surface area contributed by atoms with E-state index in [1.807, 2.05) is 18.3 Å². The fraction of sp³-hybridized carbons (Fsp3) is 0.400. The number of hydrogen-bond acceptors (Lipinski definition) is 2. The average molecular weight is 340 g/mol. The number of guanidine groups is 1. The van der Waals surface area contributed by atoms with Gasteiger partial charge in [0.1, 0.15) is 0 Å². The van der Waals surface area contributed by atoms with Crippen LogP contribution in [0.2, 0.25) is 0 Å². The molecule has 0 amide bonds. The van der Waals surface area contributed by atoms with Crippen molar-refractivity contribution in [3.8, 4) is 0 Å². The number of unbranched alkanes of at least 4 members (excludes halogenated alkanes) is 1. The summed E-state index contributed by atoms with van der Waals surface area (Å²) in [7, 11) is 2.05. The molecule has 1 aromatic heterocycles. The van der Waals surface area contributed by atoms with Gasteiger partial charge in [0, 0.05) is 45.5 Å². The summed E-state index contributed by atoms with van der Waals surface area (Å²) in [6.07, 6.45) is 3.73. The summed E-state index contributed by atoms with van der Waals surface area (Å²) >= 11 is 0. The molecule has 0 fully saturated rings. The minimum absolute atomic E-state index is 0.0573. The van der Waals surface area contributed by atoms with Gasteiger partial charge < -0.3 is 14.8 Å². The molecule has 0 radical (unpaired) electrons. The fourth-order valence-corrected chi connectivity index (χ4v) is 2.63. The van der Waals surface area contributed by atoms with Crippen LogP contribution in [0.25, 0.3) is 0 Å². The van der Waals surface area contributed by atoms with Gasteiger partial charge in [-0.1, -0.05) is 36.4 Å². The van der Waals surface area contributed by atoms with Gasteiger partial charge in [-0.25, -0.2) is 0 Å². The summed E-state index contributed by atoms with van der Waals surface area (Å²) in [5.74, 6) is 0.920. The summed E-state index contributed by atoms with van der Waals surface area (Å²) in [6.45, 7) is 5.24. The minimum atomic E-state index is 0.0573. The van der Waals surface area contributed by atoms with E-state index in [9.17, 15) is 4.79 Å². The van der Waals surface area contributed by atoms with E-state index >= 15 is 0 Å². The molecule has 5 nitrogen and oxygen atoms in total. The molecule has 0 bridgehead atoms. The van der Waals surface area contributed by atoms with Crippen LogP contribution in [0.15, 0.2) is 64.5 Å². The number of pyridine rings is 1. The number of aryl methyl sites for hydroxylation is 1. The number of nitrogens with zero attached hydrogens (tertiary/aromatic N) is 3. The second kappa shape index (κ2) is 10.3. The van der Waals surface area contributed by atoms with E-state index in [2.05, 4.69) is 48.5 Å². The number of nitrogens with one attached hydrogen (secondary N) is 1. The largest absolute Gasteiger partial charge is 0.357 e. The molecular weight excluding hydrogens is 312 g/mol. The van der Waals surface area contributed by atoms with Crippen molar-refractivity contribution >= 4 is 5.96 Å². The number of hydrogen-bond donors (Lipinski definition) is 1.